The maximum Gasteiger partial charge on any atom is 0.258 e. The molecule has 0 spiro atoms. The Morgan fingerprint density at radius 3 is 2.50 bits per heavy atom. The molecule has 3 aromatic heterocycles. The summed E-state index contributed by atoms with van der Waals surface area (Å²) < 4.78 is 3.22. The van der Waals surface area contributed by atoms with Gasteiger partial charge in [0.25, 0.3) is 5.91 Å². The van der Waals surface area contributed by atoms with Crippen LogP contribution in [0.5, 0.6) is 0 Å². The standard InChI is InChI=1S/C22H16ClN5OS/c23-21-19(28-30-18-6-2-1-3-7-18)11-16(14-26-21)15-10-17(13-24-12-15)22(29)27-20-8-4-5-9-25-20/h1-14,28H,(H,25,27,29). The number of nitrogens with one attached hydrogen (secondary N) is 2. The smallest absolute Gasteiger partial charge is 0.258 e. The van der Waals surface area contributed by atoms with Crippen LogP contribution in [-0.2, 0) is 0 Å². The van der Waals surface area contributed by atoms with Gasteiger partial charge in [-0.25, -0.2) is 9.97 Å². The summed E-state index contributed by atoms with van der Waals surface area (Å²) in [4.78, 5) is 26.2. The molecule has 0 radical (unpaired) electrons. The fraction of sp³-hybridized carbons (Fsp3) is 0. The molecule has 0 atom stereocenters. The van der Waals surface area contributed by atoms with Crippen LogP contribution in [0, 0.1) is 0 Å². The van der Waals surface area contributed by atoms with E-state index in [1.54, 1.807) is 42.9 Å². The highest BCUT2D eigenvalue weighted by molar-refractivity contribution is 8.00. The molecule has 0 aliphatic rings. The number of aromatic nitrogens is 3. The van der Waals surface area contributed by atoms with E-state index in [-0.39, 0.29) is 5.91 Å². The van der Waals surface area contributed by atoms with Gasteiger partial charge < -0.3 is 10.0 Å². The molecule has 148 valence electrons. The van der Waals surface area contributed by atoms with E-state index in [1.165, 1.54) is 18.1 Å². The molecule has 0 unspecified atom stereocenters. The first-order valence-corrected chi connectivity index (χ1v) is 10.2. The Bertz CT molecular complexity index is 1160. The van der Waals surface area contributed by atoms with E-state index in [0.29, 0.717) is 22.2 Å². The zero-order valence-corrected chi connectivity index (χ0v) is 17.2. The Labute approximate surface area is 182 Å². The normalized spacial score (nSPS) is 10.4. The van der Waals surface area contributed by atoms with E-state index in [2.05, 4.69) is 25.0 Å². The number of carbonyl (C=O) groups is 1. The fourth-order valence-electron chi connectivity index (χ4n) is 2.63. The van der Waals surface area contributed by atoms with Crippen molar-refractivity contribution >= 4 is 41.0 Å². The van der Waals surface area contributed by atoms with Crippen LogP contribution in [0.3, 0.4) is 0 Å². The van der Waals surface area contributed by atoms with Crippen molar-refractivity contribution in [1.82, 2.24) is 15.0 Å². The molecule has 0 bridgehead atoms. The molecule has 1 aromatic carbocycles. The zero-order chi connectivity index (χ0) is 20.8. The number of rotatable bonds is 6. The quantitative estimate of drug-likeness (QED) is 0.306. The molecule has 4 aromatic rings. The Morgan fingerprint density at radius 2 is 1.70 bits per heavy atom. The average molecular weight is 434 g/mol. The van der Waals surface area contributed by atoms with Gasteiger partial charge in [0.2, 0.25) is 0 Å². The monoisotopic (exact) mass is 433 g/mol. The summed E-state index contributed by atoms with van der Waals surface area (Å²) in [6.45, 7) is 0. The summed E-state index contributed by atoms with van der Waals surface area (Å²) in [6.07, 6.45) is 6.45. The largest absolute Gasteiger partial charge is 0.323 e. The predicted octanol–water partition coefficient (Wildman–Crippen LogP) is 5.56. The van der Waals surface area contributed by atoms with Gasteiger partial charge in [0.05, 0.1) is 11.3 Å². The van der Waals surface area contributed by atoms with Gasteiger partial charge in [-0.05, 0) is 48.3 Å². The van der Waals surface area contributed by atoms with Gasteiger partial charge in [0.1, 0.15) is 5.82 Å². The zero-order valence-electron chi connectivity index (χ0n) is 15.6. The van der Waals surface area contributed by atoms with E-state index in [4.69, 9.17) is 11.6 Å². The Balaban J connectivity index is 1.53. The highest BCUT2D eigenvalue weighted by Gasteiger charge is 2.11. The van der Waals surface area contributed by atoms with Gasteiger partial charge in [0, 0.05) is 40.8 Å². The number of nitrogens with zero attached hydrogens (tertiary/aromatic N) is 3. The van der Waals surface area contributed by atoms with Gasteiger partial charge >= 0.3 is 0 Å². The highest BCUT2D eigenvalue weighted by atomic mass is 35.5. The Kier molecular flexibility index (Phi) is 6.22. The molecule has 2 N–H and O–H groups in total. The number of anilines is 2. The van der Waals surface area contributed by atoms with Crippen LogP contribution >= 0.6 is 23.5 Å². The molecule has 0 fully saturated rings. The van der Waals surface area contributed by atoms with E-state index in [9.17, 15) is 4.79 Å². The Morgan fingerprint density at radius 1 is 0.900 bits per heavy atom. The van der Waals surface area contributed by atoms with Crippen LogP contribution in [-0.4, -0.2) is 20.9 Å². The molecule has 4 rings (SSSR count). The van der Waals surface area contributed by atoms with Crippen LogP contribution in [0.25, 0.3) is 11.1 Å². The molecule has 0 aliphatic carbocycles. The summed E-state index contributed by atoms with van der Waals surface area (Å²) in [6, 6.07) is 18.8. The second-order valence-corrected chi connectivity index (χ2v) is 7.45. The van der Waals surface area contributed by atoms with Crippen LogP contribution in [0.2, 0.25) is 5.15 Å². The maximum atomic E-state index is 12.5. The predicted molar refractivity (Wildman–Crippen MR) is 121 cm³/mol. The molecule has 0 saturated heterocycles. The van der Waals surface area contributed by atoms with Crippen LogP contribution in [0.1, 0.15) is 10.4 Å². The van der Waals surface area contributed by atoms with Crippen LogP contribution < -0.4 is 10.0 Å². The summed E-state index contributed by atoms with van der Waals surface area (Å²) in [5.74, 6) is 0.188. The molecule has 30 heavy (non-hydrogen) atoms. The lowest BCUT2D eigenvalue weighted by atomic mass is 10.1. The number of pyridine rings is 3. The summed E-state index contributed by atoms with van der Waals surface area (Å²) in [5.41, 5.74) is 2.63. The van der Waals surface area contributed by atoms with Crippen LogP contribution in [0.15, 0.2) is 90.3 Å². The number of hydrogen-bond donors (Lipinski definition) is 2. The van der Waals surface area contributed by atoms with Crippen LogP contribution in [0.4, 0.5) is 11.5 Å². The lowest BCUT2D eigenvalue weighted by molar-refractivity contribution is 0.102. The van der Waals surface area contributed by atoms with E-state index >= 15 is 0 Å². The average Bonchev–Trinajstić information content (AvgIpc) is 2.80. The number of amides is 1. The minimum atomic E-state index is -0.289. The topological polar surface area (TPSA) is 79.8 Å². The third-order valence-corrected chi connectivity index (χ3v) is 5.23. The van der Waals surface area contributed by atoms with Gasteiger partial charge in [0.15, 0.2) is 5.15 Å². The summed E-state index contributed by atoms with van der Waals surface area (Å²) >= 11 is 7.69. The van der Waals surface area contributed by atoms with Crippen molar-refractivity contribution in [3.8, 4) is 11.1 Å². The van der Waals surface area contributed by atoms with Crippen molar-refractivity contribution < 1.29 is 4.79 Å². The van der Waals surface area contributed by atoms with Crippen molar-refractivity contribution in [3.63, 3.8) is 0 Å². The van der Waals surface area contributed by atoms with E-state index in [1.807, 2.05) is 36.4 Å². The lowest BCUT2D eigenvalue weighted by Gasteiger charge is -2.10. The fourth-order valence-corrected chi connectivity index (χ4v) is 3.51. The summed E-state index contributed by atoms with van der Waals surface area (Å²) in [5, 5.41) is 3.11. The van der Waals surface area contributed by atoms with Gasteiger partial charge in [-0.15, -0.1) is 0 Å². The molecule has 6 nitrogen and oxygen atoms in total. The first kappa shape index (κ1) is 19.9. The number of hydrogen-bond acceptors (Lipinski definition) is 6. The second-order valence-electron chi connectivity index (χ2n) is 6.21. The molecular weight excluding hydrogens is 418 g/mol. The third kappa shape index (κ3) is 4.94. The first-order valence-electron chi connectivity index (χ1n) is 9.00. The highest BCUT2D eigenvalue weighted by Crippen LogP contribution is 2.30. The SMILES string of the molecule is O=C(Nc1ccccn1)c1cncc(-c2cnc(Cl)c(NSc3ccccc3)c2)c1. The number of benzene rings is 1. The lowest BCUT2D eigenvalue weighted by Crippen LogP contribution is -2.13. The second kappa shape index (κ2) is 9.39. The minimum absolute atomic E-state index is 0.289. The molecule has 0 saturated carbocycles. The summed E-state index contributed by atoms with van der Waals surface area (Å²) in [7, 11) is 0. The maximum absolute atomic E-state index is 12.5. The van der Waals surface area contributed by atoms with Gasteiger partial charge in [-0.3, -0.25) is 9.78 Å². The number of halogens is 1. The molecular formula is C22H16ClN5OS. The Hall–Kier alpha value is -3.42. The van der Waals surface area contributed by atoms with Crippen molar-refractivity contribution in [2.24, 2.45) is 0 Å². The molecule has 3 heterocycles. The first-order chi connectivity index (χ1) is 14.7. The third-order valence-electron chi connectivity index (χ3n) is 4.10. The van der Waals surface area contributed by atoms with Gasteiger partial charge in [-0.2, -0.15) is 0 Å². The number of carbonyl (C=O) groups excluding carboxylic acids is 1. The van der Waals surface area contributed by atoms with Gasteiger partial charge in [-0.1, -0.05) is 35.9 Å². The molecule has 1 amide bonds. The van der Waals surface area contributed by atoms with Crippen molar-refractivity contribution in [2.45, 2.75) is 4.90 Å². The molecule has 8 heteroatoms. The van der Waals surface area contributed by atoms with Crippen molar-refractivity contribution in [1.29, 1.82) is 0 Å². The van der Waals surface area contributed by atoms with E-state index in [0.717, 1.165) is 16.0 Å². The van der Waals surface area contributed by atoms with E-state index < -0.39 is 0 Å². The molecule has 0 aliphatic heterocycles. The van der Waals surface area contributed by atoms with Crippen molar-refractivity contribution in [3.05, 3.63) is 96.2 Å². The van der Waals surface area contributed by atoms with Crippen molar-refractivity contribution in [2.75, 3.05) is 10.0 Å². The minimum Gasteiger partial charge on any atom is -0.323 e.